The molecular weight excluding hydrogens is 395 g/mol. The van der Waals surface area contributed by atoms with E-state index >= 15 is 0 Å². The van der Waals surface area contributed by atoms with Crippen LogP contribution in [0.25, 0.3) is 0 Å². The van der Waals surface area contributed by atoms with Crippen molar-refractivity contribution < 1.29 is 22.3 Å². The zero-order chi connectivity index (χ0) is 19.9. The summed E-state index contributed by atoms with van der Waals surface area (Å²) in [5, 5.41) is 0.171. The molecule has 3 rings (SSSR count). The number of benzene rings is 2. The average Bonchev–Trinajstić information content (AvgIpc) is 2.95. The Morgan fingerprint density at radius 2 is 2.07 bits per heavy atom. The van der Waals surface area contributed by atoms with Gasteiger partial charge in [0.2, 0.25) is 15.9 Å². The molecule has 1 amide bonds. The molecule has 0 spiro atoms. The summed E-state index contributed by atoms with van der Waals surface area (Å²) >= 11 is 6.18. The highest BCUT2D eigenvalue weighted by molar-refractivity contribution is 7.89. The van der Waals surface area contributed by atoms with Crippen LogP contribution in [-0.2, 0) is 21.2 Å². The van der Waals surface area contributed by atoms with Crippen molar-refractivity contribution in [3.8, 4) is 5.75 Å². The standard InChI is InChI=1S/C18H18ClFN2O4S/c1-10-6-12-8-14(9-15(19)17(12)26-10)27(24,25)22(2)16(18(21)23)11-4-3-5-13(20)7-11/h3-5,7-10,16H,6H2,1-2H3,(H2,21,23)/t10-,16+/m0/s1. The molecule has 0 bridgehead atoms. The first-order valence-electron chi connectivity index (χ1n) is 8.13. The number of sulfonamides is 1. The molecule has 0 aromatic heterocycles. The minimum Gasteiger partial charge on any atom is -0.489 e. The summed E-state index contributed by atoms with van der Waals surface area (Å²) < 4.78 is 46.2. The molecule has 6 nitrogen and oxygen atoms in total. The molecule has 0 saturated carbocycles. The number of rotatable bonds is 5. The smallest absolute Gasteiger partial charge is 0.243 e. The molecule has 2 atom stereocenters. The number of hydrogen-bond acceptors (Lipinski definition) is 4. The number of carbonyl (C=O) groups excluding carboxylic acids is 1. The Balaban J connectivity index is 2.04. The quantitative estimate of drug-likeness (QED) is 0.817. The van der Waals surface area contributed by atoms with Crippen LogP contribution in [0.1, 0.15) is 24.1 Å². The van der Waals surface area contributed by atoms with E-state index in [0.717, 1.165) is 10.4 Å². The van der Waals surface area contributed by atoms with Crippen molar-refractivity contribution >= 4 is 27.5 Å². The van der Waals surface area contributed by atoms with Gasteiger partial charge in [-0.25, -0.2) is 12.8 Å². The van der Waals surface area contributed by atoms with E-state index in [1.54, 1.807) is 0 Å². The highest BCUT2D eigenvalue weighted by Gasteiger charge is 2.35. The monoisotopic (exact) mass is 412 g/mol. The van der Waals surface area contributed by atoms with Gasteiger partial charge in [0.05, 0.1) is 9.92 Å². The molecular formula is C18H18ClFN2O4S. The van der Waals surface area contributed by atoms with Crippen molar-refractivity contribution in [1.82, 2.24) is 4.31 Å². The van der Waals surface area contributed by atoms with Crippen LogP contribution < -0.4 is 10.5 Å². The molecule has 1 aliphatic rings. The van der Waals surface area contributed by atoms with Crippen LogP contribution in [-0.4, -0.2) is 31.8 Å². The molecule has 0 saturated heterocycles. The predicted octanol–water partition coefficient (Wildman–Crippen LogP) is 2.65. The normalized spacial score (nSPS) is 17.4. The first-order valence-corrected chi connectivity index (χ1v) is 9.95. The number of likely N-dealkylation sites (N-methyl/N-ethyl adjacent to an activating group) is 1. The lowest BCUT2D eigenvalue weighted by molar-refractivity contribution is -0.121. The van der Waals surface area contributed by atoms with Gasteiger partial charge in [-0.3, -0.25) is 4.79 Å². The van der Waals surface area contributed by atoms with Gasteiger partial charge in [0.15, 0.2) is 0 Å². The minimum atomic E-state index is -4.14. The fraction of sp³-hybridized carbons (Fsp3) is 0.278. The van der Waals surface area contributed by atoms with Gasteiger partial charge in [0.1, 0.15) is 23.7 Å². The molecule has 0 aliphatic carbocycles. The Morgan fingerprint density at radius 1 is 1.37 bits per heavy atom. The summed E-state index contributed by atoms with van der Waals surface area (Å²) in [7, 11) is -2.92. The average molecular weight is 413 g/mol. The molecule has 0 fully saturated rings. The van der Waals surface area contributed by atoms with Crippen molar-refractivity contribution in [2.24, 2.45) is 5.73 Å². The fourth-order valence-electron chi connectivity index (χ4n) is 3.14. The lowest BCUT2D eigenvalue weighted by Crippen LogP contribution is -2.39. The number of nitrogens with zero attached hydrogens (tertiary/aromatic N) is 1. The second kappa shape index (κ2) is 7.10. The van der Waals surface area contributed by atoms with Crippen LogP contribution in [0.5, 0.6) is 5.75 Å². The lowest BCUT2D eigenvalue weighted by atomic mass is 10.1. The third-order valence-electron chi connectivity index (χ3n) is 4.39. The highest BCUT2D eigenvalue weighted by Crippen LogP contribution is 2.39. The van der Waals surface area contributed by atoms with Crippen LogP contribution in [0.3, 0.4) is 0 Å². The SMILES string of the molecule is C[C@H]1Cc2cc(S(=O)(=O)N(C)[C@@H](C(N)=O)c3cccc(F)c3)cc(Cl)c2O1. The van der Waals surface area contributed by atoms with Crippen LogP contribution in [0.4, 0.5) is 4.39 Å². The Hall–Kier alpha value is -2.16. The van der Waals surface area contributed by atoms with E-state index in [2.05, 4.69) is 0 Å². The van der Waals surface area contributed by atoms with E-state index in [1.165, 1.54) is 37.4 Å². The molecule has 1 heterocycles. The Morgan fingerprint density at radius 3 is 2.70 bits per heavy atom. The number of primary amides is 1. The van der Waals surface area contributed by atoms with Crippen molar-refractivity contribution in [2.45, 2.75) is 30.4 Å². The van der Waals surface area contributed by atoms with Crippen LogP contribution in [0.2, 0.25) is 5.02 Å². The molecule has 9 heteroatoms. The molecule has 0 unspecified atom stereocenters. The third-order valence-corrected chi connectivity index (χ3v) is 6.48. The van der Waals surface area contributed by atoms with Gasteiger partial charge in [0.25, 0.3) is 0 Å². The van der Waals surface area contributed by atoms with Gasteiger partial charge < -0.3 is 10.5 Å². The summed E-state index contributed by atoms with van der Waals surface area (Å²) in [4.78, 5) is 11.9. The van der Waals surface area contributed by atoms with Crippen molar-refractivity contribution in [2.75, 3.05) is 7.05 Å². The van der Waals surface area contributed by atoms with Crippen LogP contribution >= 0.6 is 11.6 Å². The van der Waals surface area contributed by atoms with Crippen LogP contribution in [0.15, 0.2) is 41.3 Å². The number of amides is 1. The van der Waals surface area contributed by atoms with Crippen molar-refractivity contribution in [1.29, 1.82) is 0 Å². The molecule has 1 aliphatic heterocycles. The van der Waals surface area contributed by atoms with Gasteiger partial charge in [-0.05, 0) is 36.8 Å². The lowest BCUT2D eigenvalue weighted by Gasteiger charge is -2.25. The number of hydrogen-bond donors (Lipinski definition) is 1. The number of carbonyl (C=O) groups is 1. The molecule has 2 N–H and O–H groups in total. The maximum atomic E-state index is 13.6. The van der Waals surface area contributed by atoms with Gasteiger partial charge >= 0.3 is 0 Å². The number of halogens is 2. The Labute approximate surface area is 161 Å². The third kappa shape index (κ3) is 3.65. The van der Waals surface area contributed by atoms with Crippen LogP contribution in [0, 0.1) is 5.82 Å². The number of ether oxygens (including phenoxy) is 1. The predicted molar refractivity (Wildman–Crippen MR) is 98.5 cm³/mol. The zero-order valence-corrected chi connectivity index (χ0v) is 16.2. The van der Waals surface area contributed by atoms with E-state index < -0.39 is 27.8 Å². The number of fused-ring (bicyclic) bond motifs is 1. The highest BCUT2D eigenvalue weighted by atomic mass is 35.5. The molecule has 0 radical (unpaired) electrons. The first kappa shape index (κ1) is 19.6. The summed E-state index contributed by atoms with van der Waals surface area (Å²) in [5.74, 6) is -1.06. The maximum Gasteiger partial charge on any atom is 0.243 e. The van der Waals surface area contributed by atoms with Gasteiger partial charge in [0, 0.05) is 19.0 Å². The minimum absolute atomic E-state index is 0.0888. The second-order valence-corrected chi connectivity index (χ2v) is 8.81. The summed E-state index contributed by atoms with van der Waals surface area (Å²) in [6.45, 7) is 1.85. The summed E-state index contributed by atoms with van der Waals surface area (Å²) in [5.41, 5.74) is 6.23. The summed E-state index contributed by atoms with van der Waals surface area (Å²) in [6.07, 6.45) is 0.407. The second-order valence-electron chi connectivity index (χ2n) is 6.41. The Bertz CT molecular complexity index is 1010. The fourth-order valence-corrected chi connectivity index (χ4v) is 4.88. The van der Waals surface area contributed by atoms with Crippen molar-refractivity contribution in [3.05, 3.63) is 58.4 Å². The summed E-state index contributed by atoms with van der Waals surface area (Å²) in [6, 6.07) is 6.47. The molecule has 144 valence electrons. The van der Waals surface area contributed by atoms with E-state index in [0.29, 0.717) is 17.7 Å². The van der Waals surface area contributed by atoms with Gasteiger partial charge in [-0.1, -0.05) is 23.7 Å². The van der Waals surface area contributed by atoms with Crippen molar-refractivity contribution in [3.63, 3.8) is 0 Å². The Kier molecular flexibility index (Phi) is 5.16. The van der Waals surface area contributed by atoms with E-state index in [9.17, 15) is 17.6 Å². The first-order chi connectivity index (χ1) is 12.6. The number of nitrogens with two attached hydrogens (primary N) is 1. The largest absolute Gasteiger partial charge is 0.489 e. The molecule has 27 heavy (non-hydrogen) atoms. The van der Waals surface area contributed by atoms with E-state index in [-0.39, 0.29) is 21.6 Å². The maximum absolute atomic E-state index is 13.6. The molecule has 2 aromatic carbocycles. The van der Waals surface area contributed by atoms with Gasteiger partial charge in [-0.15, -0.1) is 0 Å². The van der Waals surface area contributed by atoms with Gasteiger partial charge in [-0.2, -0.15) is 4.31 Å². The topological polar surface area (TPSA) is 89.7 Å². The molecule has 2 aromatic rings. The van der Waals surface area contributed by atoms with E-state index in [1.807, 2.05) is 6.92 Å². The van der Waals surface area contributed by atoms with E-state index in [4.69, 9.17) is 22.1 Å². The zero-order valence-electron chi connectivity index (χ0n) is 14.6.